The lowest BCUT2D eigenvalue weighted by Crippen LogP contribution is -2.61. The van der Waals surface area contributed by atoms with Crippen molar-refractivity contribution in [2.24, 2.45) is 52.3 Å². The number of carbonyl (C=O) groups is 1. The van der Waals surface area contributed by atoms with Gasteiger partial charge in [-0.25, -0.2) is 0 Å². The summed E-state index contributed by atoms with van der Waals surface area (Å²) < 4.78 is 5.62. The first-order chi connectivity index (χ1) is 15.1. The highest BCUT2D eigenvalue weighted by Crippen LogP contribution is 2.68. The van der Waals surface area contributed by atoms with E-state index in [1.807, 2.05) is 0 Å². The maximum atomic E-state index is 11.7. The van der Waals surface area contributed by atoms with Crippen LogP contribution >= 0.6 is 0 Å². The second-order valence-corrected chi connectivity index (χ2v) is 13.2. The van der Waals surface area contributed by atoms with E-state index >= 15 is 0 Å². The fraction of sp³-hybridized carbons (Fsp3) is 0.966. The van der Waals surface area contributed by atoms with Crippen LogP contribution in [0.25, 0.3) is 0 Å². The van der Waals surface area contributed by atoms with Crippen molar-refractivity contribution in [2.45, 2.75) is 124 Å². The Balaban J connectivity index is 1.50. The summed E-state index contributed by atoms with van der Waals surface area (Å²) in [6.07, 6.45) is 13.2. The average Bonchev–Trinajstić information content (AvgIpc) is 3.07. The quantitative estimate of drug-likeness (QED) is 0.446. The van der Waals surface area contributed by atoms with Crippen LogP contribution in [0.4, 0.5) is 0 Å². The van der Waals surface area contributed by atoms with Gasteiger partial charge in [0.05, 0.1) is 6.10 Å². The van der Waals surface area contributed by atoms with Crippen molar-refractivity contribution in [1.29, 1.82) is 0 Å². The Hall–Kier alpha value is -0.570. The van der Waals surface area contributed by atoms with Gasteiger partial charge in [0.2, 0.25) is 0 Å². The normalized spacial score (nSPS) is 46.8. The number of hydrogen-bond acceptors (Lipinski definition) is 3. The number of rotatable bonds is 6. The molecule has 0 amide bonds. The SMILES string of the molecule is CC(=O)OC1CC[C@@H]2CCC3C4CCC([C@H](C)CCCC(C)C)C4(C)CCC3C2(C)[C@H]1O. The number of hydrogen-bond donors (Lipinski definition) is 1. The molecular formula is C29H50O3. The number of aliphatic hydroxyl groups is 1. The van der Waals surface area contributed by atoms with Crippen LogP contribution in [0.3, 0.4) is 0 Å². The molecule has 4 aliphatic carbocycles. The van der Waals surface area contributed by atoms with Gasteiger partial charge in [-0.1, -0.05) is 53.9 Å². The van der Waals surface area contributed by atoms with Gasteiger partial charge in [0.25, 0.3) is 0 Å². The van der Waals surface area contributed by atoms with E-state index in [0.717, 1.165) is 42.4 Å². The molecule has 0 aliphatic heterocycles. The minimum atomic E-state index is -0.505. The molecular weight excluding hydrogens is 396 g/mol. The second-order valence-electron chi connectivity index (χ2n) is 13.2. The lowest BCUT2D eigenvalue weighted by atomic mass is 9.43. The van der Waals surface area contributed by atoms with Crippen molar-refractivity contribution in [3.8, 4) is 0 Å². The maximum absolute atomic E-state index is 11.7. The molecule has 0 bridgehead atoms. The molecule has 4 saturated carbocycles. The molecule has 7 unspecified atom stereocenters. The highest BCUT2D eigenvalue weighted by atomic mass is 16.6. The molecule has 4 aliphatic rings. The summed E-state index contributed by atoms with van der Waals surface area (Å²) in [5.74, 6) is 5.01. The molecule has 0 spiro atoms. The van der Waals surface area contributed by atoms with Crippen molar-refractivity contribution in [3.05, 3.63) is 0 Å². The van der Waals surface area contributed by atoms with Gasteiger partial charge >= 0.3 is 5.97 Å². The first kappa shape index (κ1) is 24.6. The number of fused-ring (bicyclic) bond motifs is 5. The minimum absolute atomic E-state index is 0.0937. The Morgan fingerprint density at radius 2 is 1.69 bits per heavy atom. The molecule has 1 N–H and O–H groups in total. The molecule has 3 nitrogen and oxygen atoms in total. The molecule has 3 heteroatoms. The number of esters is 1. The summed E-state index contributed by atoms with van der Waals surface area (Å²) in [6, 6.07) is 0. The summed E-state index contributed by atoms with van der Waals surface area (Å²) in [6.45, 7) is 13.7. The van der Waals surface area contributed by atoms with Gasteiger partial charge in [-0.15, -0.1) is 0 Å². The van der Waals surface area contributed by atoms with Crippen molar-refractivity contribution < 1.29 is 14.6 Å². The van der Waals surface area contributed by atoms with Gasteiger partial charge in [0.15, 0.2) is 0 Å². The Kier molecular flexibility index (Phi) is 7.08. The number of aliphatic hydroxyl groups excluding tert-OH is 1. The van der Waals surface area contributed by atoms with E-state index in [1.165, 1.54) is 64.7 Å². The van der Waals surface area contributed by atoms with E-state index in [4.69, 9.17) is 4.74 Å². The Morgan fingerprint density at radius 1 is 0.969 bits per heavy atom. The monoisotopic (exact) mass is 446 g/mol. The standard InChI is InChI=1S/C29H50O3/c1-18(2)8-7-9-19(3)23-13-14-24-22-12-10-21-11-15-26(32-20(4)30)27(31)29(21,6)25(22)16-17-28(23,24)5/h18-19,21-27,31H,7-17H2,1-6H3/t19-,21+,22?,23?,24?,25?,26?,27+,28?,29?/m1/s1. The fourth-order valence-corrected chi connectivity index (χ4v) is 9.67. The molecule has 0 saturated heterocycles. The van der Waals surface area contributed by atoms with E-state index in [9.17, 15) is 9.90 Å². The van der Waals surface area contributed by atoms with Gasteiger partial charge in [0.1, 0.15) is 6.10 Å². The van der Waals surface area contributed by atoms with Gasteiger partial charge in [0, 0.05) is 12.3 Å². The van der Waals surface area contributed by atoms with Crippen LogP contribution in [0.5, 0.6) is 0 Å². The first-order valence-corrected chi connectivity index (χ1v) is 13.9. The molecule has 0 heterocycles. The van der Waals surface area contributed by atoms with E-state index in [0.29, 0.717) is 17.3 Å². The third kappa shape index (κ3) is 4.07. The highest BCUT2D eigenvalue weighted by Gasteiger charge is 2.63. The van der Waals surface area contributed by atoms with E-state index in [-0.39, 0.29) is 17.5 Å². The summed E-state index contributed by atoms with van der Waals surface area (Å²) in [7, 11) is 0. The minimum Gasteiger partial charge on any atom is -0.460 e. The molecule has 0 aromatic heterocycles. The highest BCUT2D eigenvalue weighted by molar-refractivity contribution is 5.66. The topological polar surface area (TPSA) is 46.5 Å². The molecule has 32 heavy (non-hydrogen) atoms. The molecule has 0 radical (unpaired) electrons. The maximum Gasteiger partial charge on any atom is 0.302 e. The lowest BCUT2D eigenvalue weighted by Gasteiger charge is -2.62. The summed E-state index contributed by atoms with van der Waals surface area (Å²) in [5.41, 5.74) is 0.389. The molecule has 0 aromatic carbocycles. The zero-order valence-corrected chi connectivity index (χ0v) is 21.7. The van der Waals surface area contributed by atoms with Crippen molar-refractivity contribution in [3.63, 3.8) is 0 Å². The van der Waals surface area contributed by atoms with Crippen LogP contribution in [-0.4, -0.2) is 23.3 Å². The molecule has 184 valence electrons. The molecule has 4 fully saturated rings. The fourth-order valence-electron chi connectivity index (χ4n) is 9.67. The van der Waals surface area contributed by atoms with E-state index < -0.39 is 6.10 Å². The van der Waals surface area contributed by atoms with Crippen LogP contribution < -0.4 is 0 Å². The van der Waals surface area contributed by atoms with Gasteiger partial charge in [-0.3, -0.25) is 4.79 Å². The third-order valence-electron chi connectivity index (χ3n) is 11.3. The predicted octanol–water partition coefficient (Wildman–Crippen LogP) is 7.01. The largest absolute Gasteiger partial charge is 0.460 e. The summed E-state index contributed by atoms with van der Waals surface area (Å²) in [4.78, 5) is 11.7. The Labute approximate surface area is 197 Å². The van der Waals surface area contributed by atoms with Crippen LogP contribution in [0, 0.1) is 52.3 Å². The number of ether oxygens (including phenoxy) is 1. The van der Waals surface area contributed by atoms with Crippen molar-refractivity contribution in [2.75, 3.05) is 0 Å². The van der Waals surface area contributed by atoms with Gasteiger partial charge in [-0.2, -0.15) is 0 Å². The van der Waals surface area contributed by atoms with Crippen LogP contribution in [-0.2, 0) is 9.53 Å². The van der Waals surface area contributed by atoms with Crippen LogP contribution in [0.2, 0.25) is 0 Å². The zero-order valence-electron chi connectivity index (χ0n) is 21.7. The Bertz CT molecular complexity index is 673. The van der Waals surface area contributed by atoms with Crippen molar-refractivity contribution >= 4 is 5.97 Å². The number of carbonyl (C=O) groups excluding carboxylic acids is 1. The predicted molar refractivity (Wildman–Crippen MR) is 130 cm³/mol. The average molecular weight is 447 g/mol. The smallest absolute Gasteiger partial charge is 0.302 e. The Morgan fingerprint density at radius 3 is 2.38 bits per heavy atom. The van der Waals surface area contributed by atoms with Crippen LogP contribution in [0.1, 0.15) is 112 Å². The van der Waals surface area contributed by atoms with Gasteiger partial charge in [-0.05, 0) is 98.2 Å². The van der Waals surface area contributed by atoms with Crippen molar-refractivity contribution in [1.82, 2.24) is 0 Å². The molecule has 4 rings (SSSR count). The molecule has 10 atom stereocenters. The van der Waals surface area contributed by atoms with E-state index in [2.05, 4.69) is 34.6 Å². The van der Waals surface area contributed by atoms with Crippen LogP contribution in [0.15, 0.2) is 0 Å². The first-order valence-electron chi connectivity index (χ1n) is 13.9. The second kappa shape index (κ2) is 9.23. The lowest BCUT2D eigenvalue weighted by molar-refractivity contribution is -0.207. The zero-order chi connectivity index (χ0) is 23.3. The third-order valence-corrected chi connectivity index (χ3v) is 11.3. The summed E-state index contributed by atoms with van der Waals surface area (Å²) in [5, 5.41) is 11.5. The summed E-state index contributed by atoms with van der Waals surface area (Å²) >= 11 is 0. The van der Waals surface area contributed by atoms with E-state index in [1.54, 1.807) is 0 Å². The van der Waals surface area contributed by atoms with Gasteiger partial charge < -0.3 is 9.84 Å². The molecule has 0 aromatic rings.